The highest BCUT2D eigenvalue weighted by Crippen LogP contribution is 2.46. The molecule has 0 aliphatic carbocycles. The molecule has 41 heavy (non-hydrogen) atoms. The Morgan fingerprint density at radius 3 is 0.927 bits per heavy atom. The molecule has 4 rings (SSSR count). The smallest absolute Gasteiger partial charge is 0.203 e. The fourth-order valence-electron chi connectivity index (χ4n) is 3.88. The van der Waals surface area contributed by atoms with E-state index in [0.717, 1.165) is 36.4 Å². The van der Waals surface area contributed by atoms with Crippen molar-refractivity contribution >= 4 is 11.8 Å². The van der Waals surface area contributed by atoms with E-state index in [4.69, 9.17) is 0 Å². The van der Waals surface area contributed by atoms with Crippen molar-refractivity contribution in [2.45, 2.75) is 22.1 Å². The number of hydrogen-bond donors (Lipinski definition) is 0. The lowest BCUT2D eigenvalue weighted by molar-refractivity contribution is -0.144. The molecule has 216 valence electrons. The molecular formula is C26H8F14S. The maximum absolute atomic E-state index is 14.7. The maximum atomic E-state index is 14.7. The minimum absolute atomic E-state index is 0.307. The Morgan fingerprint density at radius 2 is 0.659 bits per heavy atom. The Bertz CT molecular complexity index is 1490. The van der Waals surface area contributed by atoms with Crippen molar-refractivity contribution in [1.82, 2.24) is 0 Å². The summed E-state index contributed by atoms with van der Waals surface area (Å²) >= 11 is 0.307. The molecule has 0 aliphatic heterocycles. The van der Waals surface area contributed by atoms with Crippen molar-refractivity contribution in [2.75, 3.05) is 0 Å². The van der Waals surface area contributed by atoms with Crippen molar-refractivity contribution in [3.05, 3.63) is 106 Å². The molecule has 15 heteroatoms. The molecule has 0 bridgehead atoms. The van der Waals surface area contributed by atoms with Gasteiger partial charge in [-0.1, -0.05) is 48.2 Å². The van der Waals surface area contributed by atoms with Crippen LogP contribution in [0.1, 0.15) is 11.1 Å². The van der Waals surface area contributed by atoms with Gasteiger partial charge in [0.05, 0.1) is 11.1 Å². The van der Waals surface area contributed by atoms with E-state index in [2.05, 4.69) is 0 Å². The van der Waals surface area contributed by atoms with E-state index >= 15 is 0 Å². The Labute approximate surface area is 224 Å². The lowest BCUT2D eigenvalue weighted by Crippen LogP contribution is -2.16. The number of alkyl halides is 6. The number of rotatable bonds is 4. The molecule has 0 saturated heterocycles. The molecule has 0 aromatic heterocycles. The molecular weight excluding hydrogens is 610 g/mol. The van der Waals surface area contributed by atoms with Crippen LogP contribution in [0.2, 0.25) is 0 Å². The summed E-state index contributed by atoms with van der Waals surface area (Å²) in [4.78, 5) is -0.796. The Balaban J connectivity index is 1.93. The van der Waals surface area contributed by atoms with Gasteiger partial charge in [-0.05, 0) is 12.1 Å². The summed E-state index contributed by atoms with van der Waals surface area (Å²) < 4.78 is 194. The molecule has 0 amide bonds. The second kappa shape index (κ2) is 10.6. The molecule has 0 N–H and O–H groups in total. The van der Waals surface area contributed by atoms with Gasteiger partial charge < -0.3 is 0 Å². The number of halogens is 14. The first-order valence-corrected chi connectivity index (χ1v) is 11.5. The summed E-state index contributed by atoms with van der Waals surface area (Å²) in [5, 5.41) is 0. The minimum Gasteiger partial charge on any atom is -0.203 e. The summed E-state index contributed by atoms with van der Waals surface area (Å²) in [6.07, 6.45) is -11.6. The standard InChI is InChI=1S/C26H8F14S/c27-17-13(18(28)22(32)15(21(17)31)25(35,36)37)9-5-1-3-7-11(9)41-12-8-4-2-6-10(12)14-19(29)23(33)16(26(38,39)40)24(34)20(14)30/h1-8H. The van der Waals surface area contributed by atoms with Crippen molar-refractivity contribution in [3.63, 3.8) is 0 Å². The van der Waals surface area contributed by atoms with E-state index in [1.165, 1.54) is 12.1 Å². The van der Waals surface area contributed by atoms with Crippen LogP contribution in [0.4, 0.5) is 61.5 Å². The van der Waals surface area contributed by atoms with Crippen LogP contribution in [0, 0.1) is 46.5 Å². The Hall–Kier alpha value is -3.75. The zero-order chi connectivity index (χ0) is 30.6. The van der Waals surface area contributed by atoms with Crippen molar-refractivity contribution in [2.24, 2.45) is 0 Å². The molecule has 0 aliphatic rings. The zero-order valence-corrected chi connectivity index (χ0v) is 20.1. The van der Waals surface area contributed by atoms with Gasteiger partial charge in [0, 0.05) is 20.9 Å². The monoisotopic (exact) mass is 618 g/mol. The molecule has 0 fully saturated rings. The van der Waals surface area contributed by atoms with Crippen LogP contribution in [-0.4, -0.2) is 0 Å². The summed E-state index contributed by atoms with van der Waals surface area (Å²) in [5.41, 5.74) is -10.3. The zero-order valence-electron chi connectivity index (χ0n) is 19.3. The molecule has 0 nitrogen and oxygen atoms in total. The largest absolute Gasteiger partial charge is 0.422 e. The normalized spacial score (nSPS) is 12.2. The van der Waals surface area contributed by atoms with Gasteiger partial charge in [-0.3, -0.25) is 0 Å². The van der Waals surface area contributed by atoms with Crippen LogP contribution in [0.15, 0.2) is 58.3 Å². The number of hydrogen-bond acceptors (Lipinski definition) is 1. The molecule has 0 unspecified atom stereocenters. The fraction of sp³-hybridized carbons (Fsp3) is 0.0769. The summed E-state index contributed by atoms with van der Waals surface area (Å²) in [6, 6.07) is 8.19. The van der Waals surface area contributed by atoms with E-state index in [-0.39, 0.29) is 0 Å². The van der Waals surface area contributed by atoms with E-state index in [9.17, 15) is 61.5 Å². The highest BCUT2D eigenvalue weighted by Gasteiger charge is 2.44. The topological polar surface area (TPSA) is 0 Å². The molecule has 0 spiro atoms. The van der Waals surface area contributed by atoms with E-state index in [0.29, 0.717) is 11.8 Å². The Kier molecular flexibility index (Phi) is 7.80. The van der Waals surface area contributed by atoms with Gasteiger partial charge in [0.15, 0.2) is 46.5 Å². The predicted octanol–water partition coefficient (Wildman–Crippen LogP) is 10.3. The fourth-order valence-corrected chi connectivity index (χ4v) is 4.97. The van der Waals surface area contributed by atoms with Crippen LogP contribution in [0.5, 0.6) is 0 Å². The first kappa shape index (κ1) is 30.2. The van der Waals surface area contributed by atoms with Gasteiger partial charge in [0.2, 0.25) is 0 Å². The van der Waals surface area contributed by atoms with Gasteiger partial charge >= 0.3 is 12.4 Å². The highest BCUT2D eigenvalue weighted by molar-refractivity contribution is 7.99. The van der Waals surface area contributed by atoms with Crippen LogP contribution in [-0.2, 0) is 12.4 Å². The quantitative estimate of drug-likeness (QED) is 0.162. The molecule has 4 aromatic rings. The van der Waals surface area contributed by atoms with Crippen molar-refractivity contribution in [3.8, 4) is 22.3 Å². The van der Waals surface area contributed by atoms with E-state index < -0.39 is 102 Å². The second-order valence-electron chi connectivity index (χ2n) is 8.10. The first-order valence-electron chi connectivity index (χ1n) is 10.7. The van der Waals surface area contributed by atoms with Crippen LogP contribution in [0.25, 0.3) is 22.3 Å². The average Bonchev–Trinajstić information content (AvgIpc) is 2.87. The molecule has 0 heterocycles. The summed E-state index contributed by atoms with van der Waals surface area (Å²) in [7, 11) is 0. The third-order valence-corrected chi connectivity index (χ3v) is 6.78. The van der Waals surface area contributed by atoms with Crippen LogP contribution >= 0.6 is 11.8 Å². The first-order chi connectivity index (χ1) is 19.0. The van der Waals surface area contributed by atoms with Crippen LogP contribution in [0.3, 0.4) is 0 Å². The third kappa shape index (κ3) is 5.22. The molecule has 0 radical (unpaired) electrons. The van der Waals surface area contributed by atoms with Crippen molar-refractivity contribution in [1.29, 1.82) is 0 Å². The van der Waals surface area contributed by atoms with Gasteiger partial charge in [-0.2, -0.15) is 26.3 Å². The highest BCUT2D eigenvalue weighted by atomic mass is 32.2. The maximum Gasteiger partial charge on any atom is 0.422 e. The minimum atomic E-state index is -5.82. The summed E-state index contributed by atoms with van der Waals surface area (Å²) in [6.45, 7) is 0. The van der Waals surface area contributed by atoms with Gasteiger partial charge in [-0.15, -0.1) is 0 Å². The summed E-state index contributed by atoms with van der Waals surface area (Å²) in [5.74, 6) is -20.7. The SMILES string of the molecule is Fc1c(F)c(C(F)(F)F)c(F)c(F)c1-c1ccccc1Sc1ccccc1-c1c(F)c(F)c(C(F)(F)F)c(F)c1F. The second-order valence-corrected chi connectivity index (χ2v) is 9.19. The average molecular weight is 618 g/mol. The van der Waals surface area contributed by atoms with Gasteiger partial charge in [0.25, 0.3) is 0 Å². The lowest BCUT2D eigenvalue weighted by atomic mass is 10.0. The van der Waals surface area contributed by atoms with E-state index in [1.807, 2.05) is 0 Å². The molecule has 0 atom stereocenters. The number of benzene rings is 4. The lowest BCUT2D eigenvalue weighted by Gasteiger charge is -2.18. The molecule has 0 saturated carbocycles. The Morgan fingerprint density at radius 1 is 0.390 bits per heavy atom. The van der Waals surface area contributed by atoms with Gasteiger partial charge in [0.1, 0.15) is 11.1 Å². The van der Waals surface area contributed by atoms with Crippen molar-refractivity contribution < 1.29 is 61.5 Å². The third-order valence-electron chi connectivity index (χ3n) is 5.63. The van der Waals surface area contributed by atoms with E-state index in [1.54, 1.807) is 0 Å². The van der Waals surface area contributed by atoms with Gasteiger partial charge in [-0.25, -0.2) is 35.1 Å². The predicted molar refractivity (Wildman–Crippen MR) is 118 cm³/mol. The molecule has 4 aromatic carbocycles. The van der Waals surface area contributed by atoms with Crippen LogP contribution < -0.4 is 0 Å².